The average molecular weight is 341 g/mol. The van der Waals surface area contributed by atoms with Gasteiger partial charge >= 0.3 is 6.18 Å². The maximum atomic E-state index is 13.4. The molecule has 5 nitrogen and oxygen atoms in total. The summed E-state index contributed by atoms with van der Waals surface area (Å²) in [7, 11) is 1.32. The molecule has 1 aromatic heterocycles. The van der Waals surface area contributed by atoms with E-state index >= 15 is 0 Å². The smallest absolute Gasteiger partial charge is 0.374 e. The zero-order valence-electron chi connectivity index (χ0n) is 13.5. The minimum Gasteiger partial charge on any atom is -0.374 e. The van der Waals surface area contributed by atoms with Crippen LogP contribution in [0.5, 0.6) is 0 Å². The zero-order valence-corrected chi connectivity index (χ0v) is 13.5. The molecule has 1 heterocycles. The molecule has 2 N–H and O–H groups in total. The van der Waals surface area contributed by atoms with Crippen LogP contribution in [0, 0.1) is 13.8 Å². The molecule has 0 aliphatic rings. The molecule has 1 atom stereocenters. The van der Waals surface area contributed by atoms with E-state index in [-0.39, 0.29) is 0 Å². The molecule has 1 aromatic carbocycles. The molecule has 0 spiro atoms. The quantitative estimate of drug-likeness (QED) is 0.899. The van der Waals surface area contributed by atoms with Gasteiger partial charge in [-0.05, 0) is 37.1 Å². The third-order valence-corrected chi connectivity index (χ3v) is 3.87. The molecule has 2 aromatic rings. The van der Waals surface area contributed by atoms with E-state index in [1.807, 2.05) is 13.8 Å². The predicted octanol–water partition coefficient (Wildman–Crippen LogP) is 2.82. The molecule has 1 unspecified atom stereocenters. The number of halogens is 3. The largest absolute Gasteiger partial charge is 0.425 e. The topological polar surface area (TPSA) is 67.2 Å². The molecule has 8 heteroatoms. The average Bonchev–Trinajstić information content (AvgIpc) is 2.88. The van der Waals surface area contributed by atoms with Gasteiger partial charge < -0.3 is 15.0 Å². The Hall–Kier alpha value is -2.35. The maximum absolute atomic E-state index is 13.4. The third kappa shape index (κ3) is 3.43. The molecule has 24 heavy (non-hydrogen) atoms. The van der Waals surface area contributed by atoms with Gasteiger partial charge in [-0.2, -0.15) is 13.2 Å². The summed E-state index contributed by atoms with van der Waals surface area (Å²) < 4.78 is 41.2. The van der Waals surface area contributed by atoms with E-state index in [0.29, 0.717) is 5.69 Å². The van der Waals surface area contributed by atoms with Crippen molar-refractivity contribution in [2.45, 2.75) is 32.0 Å². The van der Waals surface area contributed by atoms with E-state index in [2.05, 4.69) is 10.3 Å². The SMILES string of the molecule is Cc1ccc(NC(=O)CC(O)(c2nccn2C)C(F)(F)F)cc1C. The van der Waals surface area contributed by atoms with Crippen molar-refractivity contribution in [2.75, 3.05) is 5.32 Å². The number of benzene rings is 1. The van der Waals surface area contributed by atoms with Gasteiger partial charge in [0, 0.05) is 25.1 Å². The van der Waals surface area contributed by atoms with E-state index in [1.54, 1.807) is 18.2 Å². The molecule has 130 valence electrons. The number of aliphatic hydroxyl groups is 1. The van der Waals surface area contributed by atoms with Gasteiger partial charge in [-0.15, -0.1) is 0 Å². The Bertz CT molecular complexity index is 755. The van der Waals surface area contributed by atoms with E-state index < -0.39 is 29.9 Å². The van der Waals surface area contributed by atoms with Crippen LogP contribution >= 0.6 is 0 Å². The highest BCUT2D eigenvalue weighted by atomic mass is 19.4. The second kappa shape index (κ2) is 6.27. The first-order valence-corrected chi connectivity index (χ1v) is 7.18. The van der Waals surface area contributed by atoms with Gasteiger partial charge in [0.25, 0.3) is 0 Å². The fourth-order valence-electron chi connectivity index (χ4n) is 2.33. The summed E-state index contributed by atoms with van der Waals surface area (Å²) >= 11 is 0. The summed E-state index contributed by atoms with van der Waals surface area (Å²) in [5.41, 5.74) is -1.11. The number of amides is 1. The van der Waals surface area contributed by atoms with Crippen molar-refractivity contribution in [1.29, 1.82) is 0 Å². The summed E-state index contributed by atoms with van der Waals surface area (Å²) in [6.45, 7) is 3.70. The van der Waals surface area contributed by atoms with Crippen molar-refractivity contribution in [2.24, 2.45) is 7.05 Å². The first-order valence-electron chi connectivity index (χ1n) is 7.18. The van der Waals surface area contributed by atoms with Crippen LogP contribution in [0.3, 0.4) is 0 Å². The highest BCUT2D eigenvalue weighted by molar-refractivity contribution is 5.91. The lowest BCUT2D eigenvalue weighted by Gasteiger charge is -2.29. The predicted molar refractivity (Wildman–Crippen MR) is 82.3 cm³/mol. The zero-order chi connectivity index (χ0) is 18.1. The lowest BCUT2D eigenvalue weighted by atomic mass is 9.97. The van der Waals surface area contributed by atoms with Crippen molar-refractivity contribution < 1.29 is 23.1 Å². The molecule has 0 saturated heterocycles. The highest BCUT2D eigenvalue weighted by Crippen LogP contribution is 2.40. The molecule has 0 bridgehead atoms. The lowest BCUT2D eigenvalue weighted by molar-refractivity contribution is -0.270. The van der Waals surface area contributed by atoms with Crippen LogP contribution in [0.2, 0.25) is 0 Å². The van der Waals surface area contributed by atoms with E-state index in [1.165, 1.54) is 13.2 Å². The Morgan fingerprint density at radius 3 is 2.46 bits per heavy atom. The van der Waals surface area contributed by atoms with Crippen LogP contribution in [0.4, 0.5) is 18.9 Å². The summed E-state index contributed by atoms with van der Waals surface area (Å²) in [5.74, 6) is -1.59. The van der Waals surface area contributed by atoms with Gasteiger partial charge in [-0.25, -0.2) is 4.98 Å². The number of imidazole rings is 1. The minimum atomic E-state index is -5.05. The Morgan fingerprint density at radius 2 is 1.96 bits per heavy atom. The number of carbonyl (C=O) groups excluding carboxylic acids is 1. The molecule has 1 amide bonds. The fraction of sp³-hybridized carbons (Fsp3) is 0.375. The van der Waals surface area contributed by atoms with E-state index in [4.69, 9.17) is 0 Å². The Labute approximate surface area is 137 Å². The molecule has 0 aliphatic carbocycles. The van der Waals surface area contributed by atoms with Gasteiger partial charge in [-0.3, -0.25) is 4.79 Å². The van der Waals surface area contributed by atoms with Gasteiger partial charge in [0.05, 0.1) is 6.42 Å². The Balaban J connectivity index is 2.25. The van der Waals surface area contributed by atoms with Gasteiger partial charge in [0.15, 0.2) is 5.82 Å². The molecule has 0 saturated carbocycles. The van der Waals surface area contributed by atoms with Crippen molar-refractivity contribution in [1.82, 2.24) is 9.55 Å². The summed E-state index contributed by atoms with van der Waals surface area (Å²) in [6, 6.07) is 4.99. The number of nitrogens with zero attached hydrogens (tertiary/aromatic N) is 2. The minimum absolute atomic E-state index is 0.368. The van der Waals surface area contributed by atoms with Crippen LogP contribution < -0.4 is 5.32 Å². The lowest BCUT2D eigenvalue weighted by Crippen LogP contribution is -2.46. The van der Waals surface area contributed by atoms with Gasteiger partial charge in [0.2, 0.25) is 11.5 Å². The van der Waals surface area contributed by atoms with Crippen molar-refractivity contribution in [3.63, 3.8) is 0 Å². The van der Waals surface area contributed by atoms with Crippen LogP contribution in [-0.4, -0.2) is 26.7 Å². The second-order valence-electron chi connectivity index (χ2n) is 5.74. The number of hydrogen-bond acceptors (Lipinski definition) is 3. The van der Waals surface area contributed by atoms with Gasteiger partial charge in [-0.1, -0.05) is 6.07 Å². The summed E-state index contributed by atoms with van der Waals surface area (Å²) in [5, 5.41) is 12.5. The normalized spacial score (nSPS) is 14.3. The monoisotopic (exact) mass is 341 g/mol. The third-order valence-electron chi connectivity index (χ3n) is 3.87. The number of alkyl halides is 3. The second-order valence-corrected chi connectivity index (χ2v) is 5.74. The molecule has 0 aliphatic heterocycles. The molecule has 0 fully saturated rings. The van der Waals surface area contributed by atoms with Crippen molar-refractivity contribution in [3.05, 3.63) is 47.5 Å². The first-order chi connectivity index (χ1) is 11.0. The van der Waals surface area contributed by atoms with E-state index in [9.17, 15) is 23.1 Å². The highest BCUT2D eigenvalue weighted by Gasteiger charge is 2.58. The number of aryl methyl sites for hydroxylation is 3. The molecule has 2 rings (SSSR count). The number of carbonyl (C=O) groups is 1. The first kappa shape index (κ1) is 18.0. The molecular weight excluding hydrogens is 323 g/mol. The van der Waals surface area contributed by atoms with Gasteiger partial charge in [0.1, 0.15) is 0 Å². The summed E-state index contributed by atoms with van der Waals surface area (Å²) in [6.07, 6.45) is -3.83. The number of aromatic nitrogens is 2. The fourth-order valence-corrected chi connectivity index (χ4v) is 2.33. The maximum Gasteiger partial charge on any atom is 0.425 e. The standard InChI is InChI=1S/C16H18F3N3O2/c1-10-4-5-12(8-11(10)2)21-13(23)9-15(24,16(17,18)19)14-20-6-7-22(14)3/h4-8,24H,9H2,1-3H3,(H,21,23). The van der Waals surface area contributed by atoms with Crippen LogP contribution in [-0.2, 0) is 17.4 Å². The Morgan fingerprint density at radius 1 is 1.29 bits per heavy atom. The van der Waals surface area contributed by atoms with E-state index in [0.717, 1.165) is 21.9 Å². The number of nitrogens with one attached hydrogen (secondary N) is 1. The molecular formula is C16H18F3N3O2. The van der Waals surface area contributed by atoms with Crippen LogP contribution in [0.15, 0.2) is 30.6 Å². The Kier molecular flexibility index (Phi) is 4.70. The van der Waals surface area contributed by atoms with Crippen LogP contribution in [0.25, 0.3) is 0 Å². The molecule has 0 radical (unpaired) electrons. The van der Waals surface area contributed by atoms with Crippen LogP contribution in [0.1, 0.15) is 23.4 Å². The van der Waals surface area contributed by atoms with Crippen molar-refractivity contribution in [3.8, 4) is 0 Å². The number of anilines is 1. The number of rotatable bonds is 4. The summed E-state index contributed by atoms with van der Waals surface area (Å²) in [4.78, 5) is 15.6. The van der Waals surface area contributed by atoms with Crippen molar-refractivity contribution >= 4 is 11.6 Å². The number of hydrogen-bond donors (Lipinski definition) is 2.